The highest BCUT2D eigenvalue weighted by Crippen LogP contribution is 2.30. The van der Waals surface area contributed by atoms with E-state index in [1.165, 1.54) is 12.8 Å². The zero-order valence-corrected chi connectivity index (χ0v) is 9.09. The number of aromatic nitrogens is 3. The van der Waals surface area contributed by atoms with Gasteiger partial charge in [0.1, 0.15) is 12.2 Å². The van der Waals surface area contributed by atoms with Gasteiger partial charge in [0, 0.05) is 6.04 Å². The Labute approximate surface area is 92.1 Å². The van der Waals surface area contributed by atoms with Crippen molar-refractivity contribution < 1.29 is 9.90 Å². The molecule has 1 aromatic rings. The Morgan fingerprint density at radius 3 is 2.87 bits per heavy atom. The summed E-state index contributed by atoms with van der Waals surface area (Å²) in [5.74, 6) is -0.331. The molecular formula is C9H13N3O2S. The Hall–Kier alpha value is -1.17. The van der Waals surface area contributed by atoms with Crippen LogP contribution >= 0.6 is 12.2 Å². The largest absolute Gasteiger partial charge is 0.481 e. The first-order valence-corrected chi connectivity index (χ1v) is 5.47. The van der Waals surface area contributed by atoms with Crippen LogP contribution in [0.15, 0.2) is 0 Å². The molecule has 82 valence electrons. The Bertz CT molecular complexity index is 417. The van der Waals surface area contributed by atoms with Gasteiger partial charge in [-0.05, 0) is 25.1 Å². The fraction of sp³-hybridized carbons (Fsp3) is 0.667. The first-order valence-electron chi connectivity index (χ1n) is 5.06. The van der Waals surface area contributed by atoms with Crippen LogP contribution in [0.5, 0.6) is 0 Å². The lowest BCUT2D eigenvalue weighted by Crippen LogP contribution is -2.13. The van der Waals surface area contributed by atoms with Gasteiger partial charge in [0.2, 0.25) is 0 Å². The fourth-order valence-electron chi connectivity index (χ4n) is 2.14. The molecule has 0 bridgehead atoms. The van der Waals surface area contributed by atoms with E-state index in [0.29, 0.717) is 16.6 Å². The Balaban J connectivity index is 2.30. The molecule has 0 saturated heterocycles. The Morgan fingerprint density at radius 2 is 2.27 bits per heavy atom. The average molecular weight is 227 g/mol. The molecule has 0 spiro atoms. The minimum Gasteiger partial charge on any atom is -0.481 e. The maximum atomic E-state index is 10.6. The number of nitrogens with one attached hydrogen (secondary N) is 1. The van der Waals surface area contributed by atoms with E-state index in [4.69, 9.17) is 17.3 Å². The Morgan fingerprint density at radius 1 is 1.60 bits per heavy atom. The van der Waals surface area contributed by atoms with E-state index >= 15 is 0 Å². The summed E-state index contributed by atoms with van der Waals surface area (Å²) in [5, 5.41) is 15.4. The second-order valence-electron chi connectivity index (χ2n) is 3.82. The van der Waals surface area contributed by atoms with Crippen molar-refractivity contribution in [2.75, 3.05) is 0 Å². The molecule has 1 heterocycles. The maximum Gasteiger partial charge on any atom is 0.311 e. The summed E-state index contributed by atoms with van der Waals surface area (Å²) in [6.45, 7) is 0. The second-order valence-corrected chi connectivity index (χ2v) is 4.21. The lowest BCUT2D eigenvalue weighted by atomic mass is 10.2. The summed E-state index contributed by atoms with van der Waals surface area (Å²) in [7, 11) is 0. The van der Waals surface area contributed by atoms with Gasteiger partial charge in [0.05, 0.1) is 0 Å². The summed E-state index contributed by atoms with van der Waals surface area (Å²) in [5.41, 5.74) is 0. The number of aliphatic carboxylic acids is 1. The molecule has 15 heavy (non-hydrogen) atoms. The molecule has 0 amide bonds. The number of nitrogens with zero attached hydrogens (tertiary/aromatic N) is 2. The molecule has 1 saturated carbocycles. The third kappa shape index (κ3) is 2.09. The van der Waals surface area contributed by atoms with E-state index in [1.807, 2.05) is 4.57 Å². The van der Waals surface area contributed by atoms with Crippen LogP contribution in [0.25, 0.3) is 0 Å². The molecule has 1 aromatic heterocycles. The van der Waals surface area contributed by atoms with Crippen LogP contribution in [0.3, 0.4) is 0 Å². The summed E-state index contributed by atoms with van der Waals surface area (Å²) in [6.07, 6.45) is 4.44. The molecule has 2 rings (SSSR count). The molecular weight excluding hydrogens is 214 g/mol. The number of hydrogen-bond acceptors (Lipinski definition) is 3. The molecule has 6 heteroatoms. The van der Waals surface area contributed by atoms with Gasteiger partial charge in [-0.1, -0.05) is 12.8 Å². The fourth-order valence-corrected chi connectivity index (χ4v) is 2.44. The second kappa shape index (κ2) is 4.14. The van der Waals surface area contributed by atoms with Crippen LogP contribution < -0.4 is 0 Å². The number of carboxylic acids is 1. The van der Waals surface area contributed by atoms with Crippen LogP contribution in [-0.2, 0) is 11.2 Å². The number of rotatable bonds is 3. The lowest BCUT2D eigenvalue weighted by molar-refractivity contribution is -0.136. The summed E-state index contributed by atoms with van der Waals surface area (Å²) in [6, 6.07) is 0.339. The highest BCUT2D eigenvalue weighted by Gasteiger charge is 2.21. The van der Waals surface area contributed by atoms with E-state index in [1.54, 1.807) is 0 Å². The maximum absolute atomic E-state index is 10.6. The van der Waals surface area contributed by atoms with E-state index < -0.39 is 5.97 Å². The van der Waals surface area contributed by atoms with E-state index in [9.17, 15) is 4.79 Å². The van der Waals surface area contributed by atoms with Crippen LogP contribution in [-0.4, -0.2) is 25.8 Å². The number of carbonyl (C=O) groups is 1. The minimum atomic E-state index is -0.872. The van der Waals surface area contributed by atoms with Gasteiger partial charge in [0.25, 0.3) is 0 Å². The van der Waals surface area contributed by atoms with Crippen LogP contribution in [0.2, 0.25) is 0 Å². The molecule has 2 N–H and O–H groups in total. The number of hydrogen-bond donors (Lipinski definition) is 2. The summed E-state index contributed by atoms with van der Waals surface area (Å²) in [4.78, 5) is 10.6. The molecule has 0 unspecified atom stereocenters. The Kier molecular flexibility index (Phi) is 2.86. The van der Waals surface area contributed by atoms with Gasteiger partial charge in [-0.25, -0.2) is 0 Å². The smallest absolute Gasteiger partial charge is 0.311 e. The normalized spacial score (nSPS) is 17.1. The molecule has 1 fully saturated rings. The van der Waals surface area contributed by atoms with Gasteiger partial charge in [-0.3, -0.25) is 9.89 Å². The van der Waals surface area contributed by atoms with Crippen molar-refractivity contribution in [1.82, 2.24) is 14.8 Å². The quantitative estimate of drug-likeness (QED) is 0.771. The predicted molar refractivity (Wildman–Crippen MR) is 56.3 cm³/mol. The number of aromatic amines is 1. The van der Waals surface area contributed by atoms with Crippen molar-refractivity contribution >= 4 is 18.2 Å². The van der Waals surface area contributed by atoms with Gasteiger partial charge < -0.3 is 9.67 Å². The van der Waals surface area contributed by atoms with Gasteiger partial charge in [0.15, 0.2) is 4.77 Å². The molecule has 0 atom stereocenters. The molecule has 0 aromatic carbocycles. The van der Waals surface area contributed by atoms with Crippen molar-refractivity contribution in [3.8, 4) is 0 Å². The van der Waals surface area contributed by atoms with Gasteiger partial charge >= 0.3 is 5.97 Å². The van der Waals surface area contributed by atoms with Gasteiger partial charge in [-0.2, -0.15) is 5.10 Å². The van der Waals surface area contributed by atoms with Crippen LogP contribution in [0, 0.1) is 4.77 Å². The average Bonchev–Trinajstić information content (AvgIpc) is 2.74. The molecule has 0 aliphatic heterocycles. The van der Waals surface area contributed by atoms with Crippen molar-refractivity contribution in [1.29, 1.82) is 0 Å². The predicted octanol–water partition coefficient (Wildman–Crippen LogP) is 1.68. The first-order chi connectivity index (χ1) is 7.18. The third-order valence-electron chi connectivity index (χ3n) is 2.78. The standard InChI is InChI=1S/C9H13N3O2S/c13-8(14)5-7-10-11-9(15)12(7)6-3-1-2-4-6/h6H,1-5H2,(H,11,15)(H,13,14). The summed E-state index contributed by atoms with van der Waals surface area (Å²) < 4.78 is 2.41. The first kappa shape index (κ1) is 10.4. The molecule has 1 aliphatic rings. The molecule has 0 radical (unpaired) electrons. The zero-order chi connectivity index (χ0) is 10.8. The van der Waals surface area contributed by atoms with Crippen LogP contribution in [0.1, 0.15) is 37.5 Å². The number of carboxylic acid groups (broad SMARTS) is 1. The molecule has 1 aliphatic carbocycles. The van der Waals surface area contributed by atoms with Crippen molar-refractivity contribution in [3.63, 3.8) is 0 Å². The highest BCUT2D eigenvalue weighted by molar-refractivity contribution is 7.71. The number of H-pyrrole nitrogens is 1. The topological polar surface area (TPSA) is 70.9 Å². The zero-order valence-electron chi connectivity index (χ0n) is 8.27. The van der Waals surface area contributed by atoms with Crippen molar-refractivity contribution in [2.24, 2.45) is 0 Å². The summed E-state index contributed by atoms with van der Waals surface area (Å²) >= 11 is 5.11. The van der Waals surface area contributed by atoms with E-state index in [-0.39, 0.29) is 6.42 Å². The molecule has 5 nitrogen and oxygen atoms in total. The monoisotopic (exact) mass is 227 g/mol. The third-order valence-corrected chi connectivity index (χ3v) is 3.06. The van der Waals surface area contributed by atoms with E-state index in [2.05, 4.69) is 10.2 Å². The SMILES string of the molecule is O=C(O)Cc1n[nH]c(=S)n1C1CCCC1. The lowest BCUT2D eigenvalue weighted by Gasteiger charge is -2.12. The van der Waals surface area contributed by atoms with Crippen molar-refractivity contribution in [2.45, 2.75) is 38.1 Å². The van der Waals surface area contributed by atoms with Crippen molar-refractivity contribution in [3.05, 3.63) is 10.6 Å². The van der Waals surface area contributed by atoms with Crippen LogP contribution in [0.4, 0.5) is 0 Å². The van der Waals surface area contributed by atoms with E-state index in [0.717, 1.165) is 12.8 Å². The van der Waals surface area contributed by atoms with Gasteiger partial charge in [-0.15, -0.1) is 0 Å². The minimum absolute atomic E-state index is 0.0658. The highest BCUT2D eigenvalue weighted by atomic mass is 32.1.